The van der Waals surface area contributed by atoms with Gasteiger partial charge in [0.05, 0.1) is 16.6 Å². The smallest absolute Gasteiger partial charge is 0.407 e. The number of carboxylic acid groups (broad SMARTS) is 1. The van der Waals surface area contributed by atoms with E-state index in [1.54, 1.807) is 30.3 Å². The van der Waals surface area contributed by atoms with Gasteiger partial charge in [-0.05, 0) is 77.4 Å². The second-order valence-corrected chi connectivity index (χ2v) is 12.6. The van der Waals surface area contributed by atoms with Crippen LogP contribution in [0.25, 0.3) is 10.8 Å². The van der Waals surface area contributed by atoms with Gasteiger partial charge >= 0.3 is 6.09 Å². The van der Waals surface area contributed by atoms with Crippen LogP contribution in [0.2, 0.25) is 5.02 Å². The Balaban J connectivity index is 1.38. The van der Waals surface area contributed by atoms with E-state index in [9.17, 15) is 23.1 Å². The number of hydrogen-bond acceptors (Lipinski definition) is 4. The van der Waals surface area contributed by atoms with E-state index in [1.807, 2.05) is 13.8 Å². The predicted molar refractivity (Wildman–Crippen MR) is 147 cm³/mol. The van der Waals surface area contributed by atoms with E-state index in [2.05, 4.69) is 4.72 Å². The van der Waals surface area contributed by atoms with Crippen molar-refractivity contribution in [2.24, 2.45) is 5.92 Å². The SMILES string of the molecule is CC(C)CC1c2ccc(N3CC[C@H](NS(=O)(=O)c4ccc5cc(Cl)ccc5c4)C3=O)c(F)c2CCN1C(=O)O. The summed E-state index contributed by atoms with van der Waals surface area (Å²) in [6.45, 7) is 4.27. The highest BCUT2D eigenvalue weighted by Gasteiger charge is 2.39. The standard InChI is InChI=1S/C28H29ClFN3O5S/c1-16(2)13-25-21-7-8-24(26(30)22(21)9-11-33(25)28(35)36)32-12-10-23(27(32)34)31-39(37,38)20-6-4-17-14-19(29)5-3-18(17)15-20/h3-8,14-16,23,25,31H,9-13H2,1-2H3,(H,35,36)/t23-,25?/m0/s1. The van der Waals surface area contributed by atoms with Crippen LogP contribution in [0.5, 0.6) is 0 Å². The molecule has 8 nitrogen and oxygen atoms in total. The Bertz CT molecular complexity index is 1580. The quantitative estimate of drug-likeness (QED) is 0.414. The molecule has 2 amide bonds. The third-order valence-electron chi connectivity index (χ3n) is 7.42. The molecule has 2 atom stereocenters. The van der Waals surface area contributed by atoms with Gasteiger partial charge in [-0.3, -0.25) is 4.79 Å². The van der Waals surface area contributed by atoms with Crippen LogP contribution >= 0.6 is 11.6 Å². The molecule has 0 radical (unpaired) electrons. The normalized spacial score (nSPS) is 19.7. The van der Waals surface area contributed by atoms with Gasteiger partial charge < -0.3 is 14.9 Å². The molecule has 0 aromatic heterocycles. The number of carbonyl (C=O) groups is 2. The number of nitrogens with zero attached hydrogens (tertiary/aromatic N) is 2. The molecular formula is C28H29ClFN3O5S. The summed E-state index contributed by atoms with van der Waals surface area (Å²) >= 11 is 6.01. The monoisotopic (exact) mass is 573 g/mol. The molecule has 2 aliphatic heterocycles. The second-order valence-electron chi connectivity index (χ2n) is 10.4. The molecule has 1 unspecified atom stereocenters. The van der Waals surface area contributed by atoms with E-state index in [0.29, 0.717) is 28.0 Å². The van der Waals surface area contributed by atoms with Crippen molar-refractivity contribution < 1.29 is 27.5 Å². The summed E-state index contributed by atoms with van der Waals surface area (Å²) in [6, 6.07) is 11.4. The van der Waals surface area contributed by atoms with Crippen LogP contribution in [0.15, 0.2) is 53.4 Å². The lowest BCUT2D eigenvalue weighted by atomic mass is 9.87. The number of rotatable bonds is 6. The van der Waals surface area contributed by atoms with E-state index >= 15 is 4.39 Å². The third kappa shape index (κ3) is 5.20. The number of fused-ring (bicyclic) bond motifs is 2. The zero-order valence-electron chi connectivity index (χ0n) is 21.5. The summed E-state index contributed by atoms with van der Waals surface area (Å²) in [5, 5.41) is 11.7. The van der Waals surface area contributed by atoms with Gasteiger partial charge in [-0.2, -0.15) is 4.72 Å². The van der Waals surface area contributed by atoms with E-state index < -0.39 is 39.9 Å². The zero-order chi connectivity index (χ0) is 28.1. The molecule has 2 heterocycles. The molecule has 5 rings (SSSR count). The molecule has 0 bridgehead atoms. The van der Waals surface area contributed by atoms with Crippen molar-refractivity contribution in [3.63, 3.8) is 0 Å². The van der Waals surface area contributed by atoms with Crippen LogP contribution < -0.4 is 9.62 Å². The summed E-state index contributed by atoms with van der Waals surface area (Å²) in [7, 11) is -4.03. The van der Waals surface area contributed by atoms with Crippen LogP contribution in [0, 0.1) is 11.7 Å². The number of sulfonamides is 1. The molecular weight excluding hydrogens is 545 g/mol. The van der Waals surface area contributed by atoms with Gasteiger partial charge in [0, 0.05) is 18.1 Å². The van der Waals surface area contributed by atoms with Crippen molar-refractivity contribution in [3.8, 4) is 0 Å². The molecule has 11 heteroatoms. The van der Waals surface area contributed by atoms with Crippen molar-refractivity contribution >= 4 is 50.1 Å². The lowest BCUT2D eigenvalue weighted by molar-refractivity contribution is -0.118. The van der Waals surface area contributed by atoms with E-state index in [0.717, 1.165) is 5.39 Å². The van der Waals surface area contributed by atoms with Gasteiger partial charge in [0.1, 0.15) is 6.04 Å². The highest BCUT2D eigenvalue weighted by atomic mass is 35.5. The molecule has 0 aliphatic carbocycles. The molecule has 3 aromatic carbocycles. The van der Waals surface area contributed by atoms with Gasteiger partial charge in [-0.25, -0.2) is 17.6 Å². The minimum Gasteiger partial charge on any atom is -0.465 e. The summed E-state index contributed by atoms with van der Waals surface area (Å²) in [5.41, 5.74) is 1.10. The summed E-state index contributed by atoms with van der Waals surface area (Å²) in [6.07, 6.45) is -0.121. The van der Waals surface area contributed by atoms with Crippen LogP contribution in [0.3, 0.4) is 0 Å². The highest BCUT2D eigenvalue weighted by Crippen LogP contribution is 2.39. The maximum absolute atomic E-state index is 15.8. The number of anilines is 1. The maximum Gasteiger partial charge on any atom is 0.407 e. The predicted octanol–water partition coefficient (Wildman–Crippen LogP) is 5.34. The Labute approximate surface area is 231 Å². The molecule has 1 fully saturated rings. The van der Waals surface area contributed by atoms with Crippen LogP contribution in [0.4, 0.5) is 14.9 Å². The van der Waals surface area contributed by atoms with Crippen LogP contribution in [-0.2, 0) is 21.2 Å². The van der Waals surface area contributed by atoms with Crippen LogP contribution in [0.1, 0.15) is 43.9 Å². The average Bonchev–Trinajstić information content (AvgIpc) is 3.22. The van der Waals surface area contributed by atoms with Crippen molar-refractivity contribution in [1.82, 2.24) is 9.62 Å². The highest BCUT2D eigenvalue weighted by molar-refractivity contribution is 7.89. The van der Waals surface area contributed by atoms with Gasteiger partial charge in [0.25, 0.3) is 0 Å². The van der Waals surface area contributed by atoms with Gasteiger partial charge in [-0.1, -0.05) is 43.6 Å². The lowest BCUT2D eigenvalue weighted by Gasteiger charge is -2.37. The first-order valence-electron chi connectivity index (χ1n) is 12.8. The Hall–Kier alpha value is -3.21. The molecule has 2 N–H and O–H groups in total. The number of carbonyl (C=O) groups excluding carboxylic acids is 1. The van der Waals surface area contributed by atoms with Crippen molar-refractivity contribution in [2.75, 3.05) is 18.0 Å². The van der Waals surface area contributed by atoms with Gasteiger partial charge in [0.2, 0.25) is 15.9 Å². The van der Waals surface area contributed by atoms with E-state index in [4.69, 9.17) is 11.6 Å². The fourth-order valence-corrected chi connectivity index (χ4v) is 6.97. The first-order chi connectivity index (χ1) is 18.5. The van der Waals surface area contributed by atoms with Gasteiger partial charge in [0.15, 0.2) is 5.82 Å². The molecule has 1 saturated heterocycles. The summed E-state index contributed by atoms with van der Waals surface area (Å²) in [5.74, 6) is -0.900. The summed E-state index contributed by atoms with van der Waals surface area (Å²) < 4.78 is 44.5. The first-order valence-corrected chi connectivity index (χ1v) is 14.7. The minimum atomic E-state index is -4.03. The fraction of sp³-hybridized carbons (Fsp3) is 0.357. The number of halogens is 2. The lowest BCUT2D eigenvalue weighted by Crippen LogP contribution is -2.42. The average molecular weight is 574 g/mol. The molecule has 0 spiro atoms. The Morgan fingerprint density at radius 1 is 1.13 bits per heavy atom. The number of benzene rings is 3. The van der Waals surface area contributed by atoms with Crippen molar-refractivity contribution in [1.29, 1.82) is 0 Å². The number of hydrogen-bond donors (Lipinski definition) is 2. The Kier molecular flexibility index (Phi) is 7.30. The molecule has 2 aliphatic rings. The topological polar surface area (TPSA) is 107 Å². The minimum absolute atomic E-state index is 0.0164. The van der Waals surface area contributed by atoms with Crippen LogP contribution in [-0.4, -0.2) is 49.6 Å². The van der Waals surface area contributed by atoms with Crippen molar-refractivity contribution in [2.45, 2.75) is 50.1 Å². The molecule has 3 aromatic rings. The second kappa shape index (κ2) is 10.4. The Morgan fingerprint density at radius 3 is 2.56 bits per heavy atom. The zero-order valence-corrected chi connectivity index (χ0v) is 23.1. The molecule has 0 saturated carbocycles. The summed E-state index contributed by atoms with van der Waals surface area (Å²) in [4.78, 5) is 27.7. The maximum atomic E-state index is 15.8. The number of amides is 2. The van der Waals surface area contributed by atoms with E-state index in [-0.39, 0.29) is 42.4 Å². The van der Waals surface area contributed by atoms with Crippen molar-refractivity contribution in [3.05, 3.63) is 70.5 Å². The largest absolute Gasteiger partial charge is 0.465 e. The molecule has 39 heavy (non-hydrogen) atoms. The van der Waals surface area contributed by atoms with E-state index in [1.165, 1.54) is 28.0 Å². The molecule has 206 valence electrons. The Morgan fingerprint density at radius 2 is 1.85 bits per heavy atom. The number of nitrogens with one attached hydrogen (secondary N) is 1. The fourth-order valence-electron chi connectivity index (χ4n) is 5.53. The first kappa shape index (κ1) is 27.4. The third-order valence-corrected chi connectivity index (χ3v) is 9.12. The van der Waals surface area contributed by atoms with Gasteiger partial charge in [-0.15, -0.1) is 0 Å².